The van der Waals surface area contributed by atoms with Gasteiger partial charge in [-0.05, 0) is 56.9 Å². The minimum atomic E-state index is -1.46. The molecular weight excluding hydrogens is 388 g/mol. The van der Waals surface area contributed by atoms with Gasteiger partial charge in [0.2, 0.25) is 0 Å². The Morgan fingerprint density at radius 1 is 1.13 bits per heavy atom. The molecular formula is C23H30O7. The van der Waals surface area contributed by atoms with E-state index in [1.54, 1.807) is 24.3 Å². The Kier molecular flexibility index (Phi) is 8.17. The van der Waals surface area contributed by atoms with Crippen LogP contribution < -0.4 is 4.74 Å². The monoisotopic (exact) mass is 418 g/mol. The van der Waals surface area contributed by atoms with Gasteiger partial charge in [-0.3, -0.25) is 9.59 Å². The fourth-order valence-electron chi connectivity index (χ4n) is 3.50. The topological polar surface area (TPSA) is 110 Å². The first-order valence-electron chi connectivity index (χ1n) is 10.2. The van der Waals surface area contributed by atoms with Gasteiger partial charge in [0.25, 0.3) is 0 Å². The third-order valence-corrected chi connectivity index (χ3v) is 5.17. The number of carbonyl (C=O) groups is 3. The Hall–Kier alpha value is -2.67. The summed E-state index contributed by atoms with van der Waals surface area (Å²) in [6.07, 6.45) is 4.35. The number of esters is 1. The van der Waals surface area contributed by atoms with Gasteiger partial charge < -0.3 is 19.7 Å². The van der Waals surface area contributed by atoms with Crippen molar-refractivity contribution in [1.29, 1.82) is 0 Å². The van der Waals surface area contributed by atoms with Crippen molar-refractivity contribution in [3.8, 4) is 5.75 Å². The van der Waals surface area contributed by atoms with Gasteiger partial charge in [-0.1, -0.05) is 25.8 Å². The highest BCUT2D eigenvalue weighted by molar-refractivity contribution is 6.01. The average Bonchev–Trinajstić information content (AvgIpc) is 2.70. The van der Waals surface area contributed by atoms with Crippen molar-refractivity contribution in [2.45, 2.75) is 64.1 Å². The van der Waals surface area contributed by atoms with E-state index in [0.29, 0.717) is 11.3 Å². The lowest BCUT2D eigenvalue weighted by molar-refractivity contribution is -0.145. The molecule has 7 nitrogen and oxygen atoms in total. The molecule has 0 aliphatic heterocycles. The lowest BCUT2D eigenvalue weighted by atomic mass is 9.85. The van der Waals surface area contributed by atoms with E-state index in [4.69, 9.17) is 14.6 Å². The van der Waals surface area contributed by atoms with Crippen LogP contribution >= 0.6 is 0 Å². The molecule has 0 radical (unpaired) electrons. The van der Waals surface area contributed by atoms with Crippen molar-refractivity contribution < 1.29 is 34.1 Å². The molecule has 0 saturated heterocycles. The summed E-state index contributed by atoms with van der Waals surface area (Å²) < 4.78 is 11.4. The number of aliphatic carboxylic acids is 1. The van der Waals surface area contributed by atoms with Crippen LogP contribution in [0, 0.1) is 5.92 Å². The van der Waals surface area contributed by atoms with Crippen LogP contribution in [0.1, 0.15) is 62.7 Å². The molecule has 1 saturated carbocycles. The van der Waals surface area contributed by atoms with E-state index < -0.39 is 24.0 Å². The molecule has 1 atom stereocenters. The first kappa shape index (κ1) is 23.6. The third kappa shape index (κ3) is 6.99. The molecule has 1 fully saturated rings. The normalized spacial score (nSPS) is 15.8. The number of ketones is 1. The summed E-state index contributed by atoms with van der Waals surface area (Å²) in [5.74, 6) is -1.54. The number of benzene rings is 1. The molecule has 0 bridgehead atoms. The van der Waals surface area contributed by atoms with Crippen molar-refractivity contribution in [3.63, 3.8) is 0 Å². The number of hydrogen-bond donors (Lipinski definition) is 2. The van der Waals surface area contributed by atoms with Crippen LogP contribution in [0.3, 0.4) is 0 Å². The van der Waals surface area contributed by atoms with Crippen molar-refractivity contribution in [2.75, 3.05) is 6.61 Å². The van der Waals surface area contributed by atoms with E-state index in [9.17, 15) is 19.5 Å². The smallest absolute Gasteiger partial charge is 0.334 e. The van der Waals surface area contributed by atoms with Gasteiger partial charge in [0.1, 0.15) is 24.1 Å². The third-order valence-electron chi connectivity index (χ3n) is 5.17. The van der Waals surface area contributed by atoms with Crippen molar-refractivity contribution in [1.82, 2.24) is 0 Å². The Balaban J connectivity index is 2.06. The number of aliphatic hydroxyl groups is 1. The Morgan fingerprint density at radius 3 is 2.27 bits per heavy atom. The van der Waals surface area contributed by atoms with Gasteiger partial charge in [0, 0.05) is 11.1 Å². The molecule has 0 heterocycles. The first-order chi connectivity index (χ1) is 14.1. The van der Waals surface area contributed by atoms with Crippen molar-refractivity contribution in [3.05, 3.63) is 42.0 Å². The molecule has 2 N–H and O–H groups in total. The minimum Gasteiger partial charge on any atom is -0.487 e. The number of carbonyl (C=O) groups excluding carboxylic acids is 2. The summed E-state index contributed by atoms with van der Waals surface area (Å²) in [5, 5.41) is 18.7. The summed E-state index contributed by atoms with van der Waals surface area (Å²) in [5.41, 5.74) is -1.20. The first-order valence-corrected chi connectivity index (χ1v) is 10.2. The van der Waals surface area contributed by atoms with Crippen LogP contribution in [0.25, 0.3) is 0 Å². The Labute approximate surface area is 176 Å². The summed E-state index contributed by atoms with van der Waals surface area (Å²) >= 11 is 0. The second-order valence-corrected chi connectivity index (χ2v) is 8.24. The fourth-order valence-corrected chi connectivity index (χ4v) is 3.50. The lowest BCUT2D eigenvalue weighted by Gasteiger charge is -2.30. The molecule has 1 aliphatic carbocycles. The quantitative estimate of drug-likeness (QED) is 0.340. The Bertz CT molecular complexity index is 768. The molecule has 1 unspecified atom stereocenters. The van der Waals surface area contributed by atoms with Crippen molar-refractivity contribution in [2.24, 2.45) is 5.92 Å². The standard InChI is InChI=1S/C23H30O7/c1-15(13-20(24)25)22(27)29-14-19(16-7-5-4-6-8-16)30-18-11-9-17(10-12-18)21(26)23(2,3)28/h9-12,16,19,28H,1,4-8,13-14H2,2-3H3,(H,24,25). The van der Waals surface area contributed by atoms with Gasteiger partial charge in [-0.25, -0.2) is 4.79 Å². The highest BCUT2D eigenvalue weighted by Gasteiger charge is 2.28. The van der Waals surface area contributed by atoms with Gasteiger partial charge >= 0.3 is 11.9 Å². The number of carboxylic acids is 1. The van der Waals surface area contributed by atoms with E-state index >= 15 is 0 Å². The average molecular weight is 418 g/mol. The number of rotatable bonds is 10. The summed E-state index contributed by atoms with van der Waals surface area (Å²) in [6.45, 7) is 6.33. The summed E-state index contributed by atoms with van der Waals surface area (Å²) in [6, 6.07) is 6.49. The zero-order valence-electron chi connectivity index (χ0n) is 17.6. The summed E-state index contributed by atoms with van der Waals surface area (Å²) in [4.78, 5) is 34.9. The molecule has 1 aromatic carbocycles. The van der Waals surface area contributed by atoms with Crippen LogP contribution in [0.2, 0.25) is 0 Å². The molecule has 1 aromatic rings. The fraction of sp³-hybridized carbons (Fsp3) is 0.522. The lowest BCUT2D eigenvalue weighted by Crippen LogP contribution is -2.34. The highest BCUT2D eigenvalue weighted by atomic mass is 16.6. The molecule has 0 aromatic heterocycles. The van der Waals surface area contributed by atoms with Crippen LogP contribution in [0.5, 0.6) is 5.75 Å². The molecule has 164 valence electrons. The zero-order chi connectivity index (χ0) is 22.3. The molecule has 0 amide bonds. The number of hydrogen-bond acceptors (Lipinski definition) is 6. The van der Waals surface area contributed by atoms with Crippen molar-refractivity contribution >= 4 is 17.7 Å². The van der Waals surface area contributed by atoms with Crippen LogP contribution in [-0.2, 0) is 14.3 Å². The maximum atomic E-state index is 12.2. The molecule has 30 heavy (non-hydrogen) atoms. The van der Waals surface area contributed by atoms with Crippen LogP contribution in [-0.4, -0.2) is 46.2 Å². The molecule has 1 aliphatic rings. The number of carboxylic acid groups (broad SMARTS) is 1. The van der Waals surface area contributed by atoms with Gasteiger partial charge in [0.05, 0.1) is 6.42 Å². The number of ether oxygens (including phenoxy) is 2. The Morgan fingerprint density at radius 2 is 1.73 bits per heavy atom. The largest absolute Gasteiger partial charge is 0.487 e. The van der Waals surface area contributed by atoms with Crippen LogP contribution in [0.4, 0.5) is 0 Å². The summed E-state index contributed by atoms with van der Waals surface area (Å²) in [7, 11) is 0. The minimum absolute atomic E-state index is 0.00745. The maximum Gasteiger partial charge on any atom is 0.334 e. The predicted molar refractivity (Wildman–Crippen MR) is 110 cm³/mol. The molecule has 2 rings (SSSR count). The van der Waals surface area contributed by atoms with E-state index in [-0.39, 0.29) is 30.0 Å². The van der Waals surface area contributed by atoms with Gasteiger partial charge in [0.15, 0.2) is 5.78 Å². The molecule has 7 heteroatoms. The number of Topliss-reactive ketones (excluding diaryl/α,β-unsaturated/α-hetero) is 1. The van der Waals surface area contributed by atoms with Gasteiger partial charge in [-0.15, -0.1) is 0 Å². The van der Waals surface area contributed by atoms with E-state index in [1.165, 1.54) is 13.8 Å². The van der Waals surface area contributed by atoms with E-state index in [2.05, 4.69) is 6.58 Å². The molecule has 0 spiro atoms. The zero-order valence-corrected chi connectivity index (χ0v) is 17.6. The van der Waals surface area contributed by atoms with Gasteiger partial charge in [-0.2, -0.15) is 0 Å². The van der Waals surface area contributed by atoms with Crippen LogP contribution in [0.15, 0.2) is 36.4 Å². The van der Waals surface area contributed by atoms with E-state index in [1.807, 2.05) is 0 Å². The predicted octanol–water partition coefficient (Wildman–Crippen LogP) is 3.54. The SMILES string of the molecule is C=C(CC(=O)O)C(=O)OCC(Oc1ccc(C(=O)C(C)(C)O)cc1)C1CCCCC1. The second-order valence-electron chi connectivity index (χ2n) is 8.24. The maximum absolute atomic E-state index is 12.2. The van der Waals surface area contributed by atoms with E-state index in [0.717, 1.165) is 32.1 Å². The highest BCUT2D eigenvalue weighted by Crippen LogP contribution is 2.30. The second kappa shape index (κ2) is 10.4.